The van der Waals surface area contributed by atoms with Gasteiger partial charge in [-0.2, -0.15) is 0 Å². The van der Waals surface area contributed by atoms with Crippen LogP contribution in [0.5, 0.6) is 0 Å². The first-order valence-electron chi connectivity index (χ1n) is 6.49. The number of rotatable bonds is 2. The van der Waals surface area contributed by atoms with Crippen LogP contribution < -0.4 is 5.32 Å². The van der Waals surface area contributed by atoms with E-state index in [1.807, 2.05) is 0 Å². The van der Waals surface area contributed by atoms with Crippen LogP contribution >= 0.6 is 0 Å². The van der Waals surface area contributed by atoms with Gasteiger partial charge in [-0.1, -0.05) is 25.0 Å². The van der Waals surface area contributed by atoms with E-state index in [1.54, 1.807) is 12.1 Å². The lowest BCUT2D eigenvalue weighted by Gasteiger charge is -2.20. The zero-order valence-electron chi connectivity index (χ0n) is 10.5. The van der Waals surface area contributed by atoms with Crippen LogP contribution in [0.1, 0.15) is 31.2 Å². The Hall–Kier alpha value is -1.91. The van der Waals surface area contributed by atoms with Crippen molar-refractivity contribution in [3.05, 3.63) is 35.6 Å². The molecule has 1 heterocycles. The van der Waals surface area contributed by atoms with Crippen molar-refractivity contribution in [2.45, 2.75) is 37.8 Å². The third-order valence-electron chi connectivity index (χ3n) is 3.96. The molecule has 0 atom stereocenters. The van der Waals surface area contributed by atoms with Crippen LogP contribution in [-0.2, 0) is 11.3 Å². The summed E-state index contributed by atoms with van der Waals surface area (Å²) in [4.78, 5) is 25.6. The topological polar surface area (TPSA) is 49.4 Å². The Morgan fingerprint density at radius 1 is 1.16 bits per heavy atom. The summed E-state index contributed by atoms with van der Waals surface area (Å²) in [5, 5.41) is 2.82. The average molecular weight is 262 g/mol. The molecule has 19 heavy (non-hydrogen) atoms. The van der Waals surface area contributed by atoms with E-state index in [1.165, 1.54) is 17.0 Å². The van der Waals surface area contributed by atoms with Crippen LogP contribution in [0.4, 0.5) is 9.18 Å². The second kappa shape index (κ2) is 4.33. The highest BCUT2D eigenvalue weighted by Gasteiger charge is 2.52. The van der Waals surface area contributed by atoms with Crippen molar-refractivity contribution in [2.75, 3.05) is 0 Å². The smallest absolute Gasteiger partial charge is 0.323 e. The highest BCUT2D eigenvalue weighted by atomic mass is 19.1. The Morgan fingerprint density at radius 3 is 2.42 bits per heavy atom. The lowest BCUT2D eigenvalue weighted by molar-refractivity contribution is -0.131. The Morgan fingerprint density at radius 2 is 1.79 bits per heavy atom. The van der Waals surface area contributed by atoms with Gasteiger partial charge in [0.1, 0.15) is 11.4 Å². The summed E-state index contributed by atoms with van der Waals surface area (Å²) in [5.74, 6) is -0.465. The Bertz CT molecular complexity index is 521. The van der Waals surface area contributed by atoms with E-state index in [2.05, 4.69) is 5.32 Å². The summed E-state index contributed by atoms with van der Waals surface area (Å²) in [7, 11) is 0. The number of urea groups is 1. The van der Waals surface area contributed by atoms with Crippen molar-refractivity contribution >= 4 is 11.9 Å². The molecule has 1 saturated heterocycles. The maximum Gasteiger partial charge on any atom is 0.325 e. The van der Waals surface area contributed by atoms with Crippen molar-refractivity contribution in [1.29, 1.82) is 0 Å². The normalized spacial score (nSPS) is 21.2. The molecule has 0 aromatic heterocycles. The minimum absolute atomic E-state index is 0.140. The van der Waals surface area contributed by atoms with Crippen LogP contribution in [0.2, 0.25) is 0 Å². The molecule has 100 valence electrons. The first kappa shape index (κ1) is 12.1. The fourth-order valence-corrected chi connectivity index (χ4v) is 2.91. The highest BCUT2D eigenvalue weighted by Crippen LogP contribution is 2.35. The largest absolute Gasteiger partial charge is 0.325 e. The van der Waals surface area contributed by atoms with E-state index in [0.717, 1.165) is 31.2 Å². The number of nitrogens with one attached hydrogen (secondary N) is 1. The van der Waals surface area contributed by atoms with Crippen LogP contribution in [0, 0.1) is 5.82 Å². The minimum Gasteiger partial charge on any atom is -0.323 e. The molecule has 1 spiro atoms. The van der Waals surface area contributed by atoms with E-state index in [0.29, 0.717) is 0 Å². The predicted molar refractivity (Wildman–Crippen MR) is 66.7 cm³/mol. The Balaban J connectivity index is 1.79. The molecule has 1 aliphatic carbocycles. The van der Waals surface area contributed by atoms with Crippen LogP contribution in [0.3, 0.4) is 0 Å². The summed E-state index contributed by atoms with van der Waals surface area (Å²) in [6.07, 6.45) is 3.38. The number of carbonyl (C=O) groups is 2. The third kappa shape index (κ3) is 1.99. The first-order valence-corrected chi connectivity index (χ1v) is 6.49. The van der Waals surface area contributed by atoms with E-state index < -0.39 is 5.54 Å². The number of amides is 3. The second-order valence-corrected chi connectivity index (χ2v) is 5.24. The lowest BCUT2D eigenvalue weighted by atomic mass is 9.98. The van der Waals surface area contributed by atoms with Gasteiger partial charge in [-0.15, -0.1) is 0 Å². The standard InChI is InChI=1S/C14H15FN2O2/c15-11-5-3-10(4-6-11)9-17-12(18)14(16-13(17)19)7-1-2-8-14/h3-6H,1-2,7-9H2,(H,16,19). The molecule has 4 nitrogen and oxygen atoms in total. The number of imide groups is 1. The summed E-state index contributed by atoms with van der Waals surface area (Å²) in [5.41, 5.74) is 0.0804. The number of carbonyl (C=O) groups excluding carboxylic acids is 2. The number of halogens is 1. The van der Waals surface area contributed by atoms with E-state index >= 15 is 0 Å². The summed E-state index contributed by atoms with van der Waals surface area (Å²) in [6, 6.07) is 5.51. The summed E-state index contributed by atoms with van der Waals surface area (Å²) in [6.45, 7) is 0.201. The van der Waals surface area contributed by atoms with Gasteiger partial charge >= 0.3 is 6.03 Å². The predicted octanol–water partition coefficient (Wildman–Crippen LogP) is 2.19. The molecule has 0 radical (unpaired) electrons. The van der Waals surface area contributed by atoms with Gasteiger partial charge in [-0.3, -0.25) is 9.69 Å². The molecular formula is C14H15FN2O2. The van der Waals surface area contributed by atoms with Gasteiger partial charge in [0.25, 0.3) is 5.91 Å². The average Bonchev–Trinajstić information content (AvgIpc) is 2.94. The minimum atomic E-state index is -0.670. The number of benzene rings is 1. The molecule has 2 aliphatic rings. The van der Waals surface area contributed by atoms with Crippen molar-refractivity contribution in [1.82, 2.24) is 10.2 Å². The van der Waals surface area contributed by atoms with Crippen molar-refractivity contribution in [3.63, 3.8) is 0 Å². The Kier molecular flexibility index (Phi) is 2.77. The molecule has 1 aromatic carbocycles. The van der Waals surface area contributed by atoms with Gasteiger partial charge in [0.05, 0.1) is 6.54 Å². The molecular weight excluding hydrogens is 247 g/mol. The number of hydrogen-bond acceptors (Lipinski definition) is 2. The maximum atomic E-state index is 12.8. The van der Waals surface area contributed by atoms with Crippen molar-refractivity contribution in [2.24, 2.45) is 0 Å². The fraction of sp³-hybridized carbons (Fsp3) is 0.429. The van der Waals surface area contributed by atoms with E-state index in [4.69, 9.17) is 0 Å². The molecule has 0 bridgehead atoms. The van der Waals surface area contributed by atoms with E-state index in [9.17, 15) is 14.0 Å². The first-order chi connectivity index (χ1) is 9.11. The molecule has 5 heteroatoms. The number of nitrogens with zero attached hydrogens (tertiary/aromatic N) is 1. The molecule has 1 aliphatic heterocycles. The zero-order valence-corrected chi connectivity index (χ0v) is 10.5. The van der Waals surface area contributed by atoms with Crippen molar-refractivity contribution < 1.29 is 14.0 Å². The van der Waals surface area contributed by atoms with Crippen LogP contribution in [0.15, 0.2) is 24.3 Å². The van der Waals surface area contributed by atoms with Gasteiger partial charge in [-0.05, 0) is 30.5 Å². The van der Waals surface area contributed by atoms with Gasteiger partial charge in [0, 0.05) is 0 Å². The van der Waals surface area contributed by atoms with E-state index in [-0.39, 0.29) is 24.3 Å². The SMILES string of the molecule is O=C1NC2(CCCC2)C(=O)N1Cc1ccc(F)cc1. The molecule has 1 N–H and O–H groups in total. The van der Waals surface area contributed by atoms with Gasteiger partial charge < -0.3 is 5.32 Å². The van der Waals surface area contributed by atoms with Crippen molar-refractivity contribution in [3.8, 4) is 0 Å². The van der Waals surface area contributed by atoms with Gasteiger partial charge in [0.15, 0.2) is 0 Å². The quantitative estimate of drug-likeness (QED) is 0.831. The fourth-order valence-electron chi connectivity index (χ4n) is 2.91. The molecule has 0 unspecified atom stereocenters. The zero-order chi connectivity index (χ0) is 13.5. The number of hydrogen-bond donors (Lipinski definition) is 1. The second-order valence-electron chi connectivity index (χ2n) is 5.24. The molecule has 2 fully saturated rings. The third-order valence-corrected chi connectivity index (χ3v) is 3.96. The summed E-state index contributed by atoms with van der Waals surface area (Å²) < 4.78 is 12.8. The van der Waals surface area contributed by atoms with Crippen LogP contribution in [-0.4, -0.2) is 22.4 Å². The maximum absolute atomic E-state index is 12.8. The molecule has 3 rings (SSSR count). The molecule has 1 aromatic rings. The summed E-state index contributed by atoms with van der Waals surface area (Å²) >= 11 is 0. The Labute approximate surface area is 110 Å². The molecule has 1 saturated carbocycles. The monoisotopic (exact) mass is 262 g/mol. The van der Waals surface area contributed by atoms with Crippen LogP contribution in [0.25, 0.3) is 0 Å². The lowest BCUT2D eigenvalue weighted by Crippen LogP contribution is -2.44. The van der Waals surface area contributed by atoms with Gasteiger partial charge in [-0.25, -0.2) is 9.18 Å². The molecule has 3 amide bonds. The van der Waals surface area contributed by atoms with Gasteiger partial charge in [0.2, 0.25) is 0 Å². The highest BCUT2D eigenvalue weighted by molar-refractivity contribution is 6.07.